The zero-order chi connectivity index (χ0) is 29.1. The van der Waals surface area contributed by atoms with Crippen LogP contribution in [0.25, 0.3) is 10.9 Å². The van der Waals surface area contributed by atoms with Gasteiger partial charge in [0.25, 0.3) is 5.91 Å². The van der Waals surface area contributed by atoms with E-state index in [1.165, 1.54) is 12.1 Å². The van der Waals surface area contributed by atoms with Crippen LogP contribution in [-0.2, 0) is 12.7 Å². The number of likely N-dealkylation sites (N-methyl/N-ethyl adjacent to an activating group) is 1. The van der Waals surface area contributed by atoms with Crippen molar-refractivity contribution in [2.24, 2.45) is 0 Å². The maximum absolute atomic E-state index is 14.0. The Morgan fingerprint density at radius 2 is 1.78 bits per heavy atom. The molecule has 210 valence electrons. The van der Waals surface area contributed by atoms with E-state index < -0.39 is 17.6 Å². The molecule has 1 saturated heterocycles. The number of carbonyl (C=O) groups is 1. The number of pyridine rings is 2. The van der Waals surface area contributed by atoms with Gasteiger partial charge in [0, 0.05) is 67.3 Å². The van der Waals surface area contributed by atoms with Crippen LogP contribution >= 0.6 is 0 Å². The number of aromatic nitrogens is 2. The molecule has 5 rings (SSSR count). The quantitative estimate of drug-likeness (QED) is 0.345. The number of nitrogens with zero attached hydrogens (tertiary/aromatic N) is 4. The number of nitrogen functional groups attached to an aromatic ring is 1. The summed E-state index contributed by atoms with van der Waals surface area (Å²) in [7, 11) is 2.00. The number of amides is 1. The number of nitrogens with one attached hydrogen (secondary N) is 1. The molecule has 1 aliphatic heterocycles. The predicted molar refractivity (Wildman–Crippen MR) is 153 cm³/mol. The Morgan fingerprint density at radius 1 is 1.02 bits per heavy atom. The Balaban J connectivity index is 1.37. The third-order valence-corrected chi connectivity index (χ3v) is 7.17. The highest BCUT2D eigenvalue weighted by molar-refractivity contribution is 6.04. The van der Waals surface area contributed by atoms with Crippen LogP contribution in [-0.4, -0.2) is 58.9 Å². The number of hydrogen-bond donors (Lipinski definition) is 2. The van der Waals surface area contributed by atoms with E-state index in [2.05, 4.69) is 32.0 Å². The summed E-state index contributed by atoms with van der Waals surface area (Å²) in [5.74, 6) is 5.95. The average molecular weight is 559 g/mol. The number of aryl methyl sites for hydroxylation is 1. The highest BCUT2D eigenvalue weighted by Crippen LogP contribution is 2.35. The molecule has 3 heterocycles. The minimum absolute atomic E-state index is 0.0724. The molecule has 0 atom stereocenters. The molecule has 0 spiro atoms. The monoisotopic (exact) mass is 558 g/mol. The van der Waals surface area contributed by atoms with Crippen molar-refractivity contribution in [3.63, 3.8) is 0 Å². The van der Waals surface area contributed by atoms with Crippen LogP contribution in [0.1, 0.15) is 38.2 Å². The molecule has 2 aromatic carbocycles. The summed E-state index contributed by atoms with van der Waals surface area (Å²) in [5.41, 5.74) is 8.37. The molecule has 4 aromatic rings. The number of anilines is 2. The molecule has 3 N–H and O–H groups in total. The molecule has 2 aromatic heterocycles. The number of benzene rings is 2. The Labute approximate surface area is 236 Å². The summed E-state index contributed by atoms with van der Waals surface area (Å²) < 4.78 is 41.9. The standard InChI is InChI=1S/C31H29F3N6O/c1-20-5-6-22(16-21(20)7-8-23-18-37-29(35)26-4-3-11-36-28(23)26)30(41)38-25-10-9-24(27(17-25)31(32,33)34)19-40-14-12-39(2)13-15-40/h3-6,9-11,16-18H,12-15,19H2,1-2H3,(H2,35,37)(H,38,41). The van der Waals surface area contributed by atoms with Gasteiger partial charge in [0.2, 0.25) is 0 Å². The highest BCUT2D eigenvalue weighted by Gasteiger charge is 2.34. The fourth-order valence-corrected chi connectivity index (χ4v) is 4.72. The number of piperazine rings is 1. The van der Waals surface area contributed by atoms with Crippen molar-refractivity contribution in [3.8, 4) is 11.8 Å². The molecule has 1 aliphatic rings. The zero-order valence-electron chi connectivity index (χ0n) is 22.7. The van der Waals surface area contributed by atoms with Gasteiger partial charge in [-0.05, 0) is 61.5 Å². The third kappa shape index (κ3) is 6.48. The van der Waals surface area contributed by atoms with Crippen LogP contribution in [0.2, 0.25) is 0 Å². The fraction of sp³-hybridized carbons (Fsp3) is 0.258. The van der Waals surface area contributed by atoms with E-state index in [9.17, 15) is 18.0 Å². The van der Waals surface area contributed by atoms with E-state index in [-0.39, 0.29) is 23.4 Å². The Morgan fingerprint density at radius 3 is 2.54 bits per heavy atom. The predicted octanol–water partition coefficient (Wildman–Crippen LogP) is 4.94. The van der Waals surface area contributed by atoms with Gasteiger partial charge < -0.3 is 16.0 Å². The van der Waals surface area contributed by atoms with Gasteiger partial charge in [-0.3, -0.25) is 14.7 Å². The van der Waals surface area contributed by atoms with Gasteiger partial charge in [0.1, 0.15) is 5.82 Å². The van der Waals surface area contributed by atoms with E-state index in [4.69, 9.17) is 5.73 Å². The lowest BCUT2D eigenvalue weighted by atomic mass is 10.0. The first-order valence-corrected chi connectivity index (χ1v) is 13.1. The minimum Gasteiger partial charge on any atom is -0.383 e. The van der Waals surface area contributed by atoms with Crippen molar-refractivity contribution in [2.75, 3.05) is 44.3 Å². The highest BCUT2D eigenvalue weighted by atomic mass is 19.4. The Kier molecular flexibility index (Phi) is 7.92. The Bertz CT molecular complexity index is 1670. The van der Waals surface area contributed by atoms with Gasteiger partial charge in [-0.25, -0.2) is 4.98 Å². The van der Waals surface area contributed by atoms with Crippen molar-refractivity contribution in [1.29, 1.82) is 0 Å². The number of hydrogen-bond acceptors (Lipinski definition) is 6. The zero-order valence-corrected chi connectivity index (χ0v) is 22.7. The number of halogens is 3. The third-order valence-electron chi connectivity index (χ3n) is 7.17. The van der Waals surface area contributed by atoms with Crippen LogP contribution in [0, 0.1) is 18.8 Å². The second-order valence-corrected chi connectivity index (χ2v) is 10.1. The van der Waals surface area contributed by atoms with Gasteiger partial charge in [-0.15, -0.1) is 0 Å². The topological polar surface area (TPSA) is 87.4 Å². The normalized spacial score (nSPS) is 14.5. The van der Waals surface area contributed by atoms with Gasteiger partial charge in [0.15, 0.2) is 0 Å². The summed E-state index contributed by atoms with van der Waals surface area (Å²) in [6, 6.07) is 12.5. The molecule has 0 saturated carbocycles. The number of nitrogens with two attached hydrogens (primary N) is 1. The van der Waals surface area contributed by atoms with Crippen LogP contribution < -0.4 is 11.1 Å². The van der Waals surface area contributed by atoms with Gasteiger partial charge in [0.05, 0.1) is 16.6 Å². The molecular formula is C31H29F3N6O. The van der Waals surface area contributed by atoms with Crippen molar-refractivity contribution in [3.05, 3.63) is 94.3 Å². The fourth-order valence-electron chi connectivity index (χ4n) is 4.72. The lowest BCUT2D eigenvalue weighted by Crippen LogP contribution is -2.44. The smallest absolute Gasteiger partial charge is 0.383 e. The van der Waals surface area contributed by atoms with Crippen LogP contribution in [0.15, 0.2) is 60.9 Å². The summed E-state index contributed by atoms with van der Waals surface area (Å²) in [6.07, 6.45) is -1.35. The van der Waals surface area contributed by atoms with Crippen LogP contribution in [0.3, 0.4) is 0 Å². The molecule has 1 fully saturated rings. The van der Waals surface area contributed by atoms with Gasteiger partial charge in [-0.2, -0.15) is 13.2 Å². The average Bonchev–Trinajstić information content (AvgIpc) is 2.95. The number of fused-ring (bicyclic) bond motifs is 1. The first-order chi connectivity index (χ1) is 19.6. The molecule has 0 radical (unpaired) electrons. The number of carbonyl (C=O) groups excluding carboxylic acids is 1. The Hall–Kier alpha value is -4.46. The van der Waals surface area contributed by atoms with Crippen molar-refractivity contribution in [1.82, 2.24) is 19.8 Å². The maximum Gasteiger partial charge on any atom is 0.416 e. The lowest BCUT2D eigenvalue weighted by Gasteiger charge is -2.33. The molecule has 7 nitrogen and oxygen atoms in total. The van der Waals surface area contributed by atoms with Gasteiger partial charge in [-0.1, -0.05) is 24.0 Å². The van der Waals surface area contributed by atoms with E-state index in [0.29, 0.717) is 40.9 Å². The van der Waals surface area contributed by atoms with Crippen LogP contribution in [0.5, 0.6) is 0 Å². The largest absolute Gasteiger partial charge is 0.416 e. The lowest BCUT2D eigenvalue weighted by molar-refractivity contribution is -0.138. The molecular weight excluding hydrogens is 529 g/mol. The van der Waals surface area contributed by atoms with E-state index in [1.807, 2.05) is 24.9 Å². The maximum atomic E-state index is 14.0. The molecule has 0 aliphatic carbocycles. The molecule has 0 bridgehead atoms. The van der Waals surface area contributed by atoms with E-state index in [0.717, 1.165) is 24.7 Å². The van der Waals surface area contributed by atoms with E-state index >= 15 is 0 Å². The molecule has 1 amide bonds. The van der Waals surface area contributed by atoms with Crippen LogP contribution in [0.4, 0.5) is 24.7 Å². The summed E-state index contributed by atoms with van der Waals surface area (Å²) >= 11 is 0. The SMILES string of the molecule is Cc1ccc(C(=O)Nc2ccc(CN3CCN(C)CC3)c(C(F)(F)F)c2)cc1C#Cc1cnc(N)c2cccnc12. The van der Waals surface area contributed by atoms with Crippen molar-refractivity contribution in [2.45, 2.75) is 19.6 Å². The first kappa shape index (κ1) is 28.1. The summed E-state index contributed by atoms with van der Waals surface area (Å²) in [5, 5.41) is 3.31. The van der Waals surface area contributed by atoms with Crippen molar-refractivity contribution < 1.29 is 18.0 Å². The molecule has 0 unspecified atom stereocenters. The number of rotatable bonds is 4. The summed E-state index contributed by atoms with van der Waals surface area (Å²) in [6.45, 7) is 5.08. The molecule has 41 heavy (non-hydrogen) atoms. The summed E-state index contributed by atoms with van der Waals surface area (Å²) in [4.78, 5) is 25.8. The van der Waals surface area contributed by atoms with Gasteiger partial charge >= 0.3 is 6.18 Å². The second kappa shape index (κ2) is 11.6. The van der Waals surface area contributed by atoms with Crippen molar-refractivity contribution >= 4 is 28.3 Å². The number of alkyl halides is 3. The van der Waals surface area contributed by atoms with E-state index in [1.54, 1.807) is 36.7 Å². The second-order valence-electron chi connectivity index (χ2n) is 10.1. The first-order valence-electron chi connectivity index (χ1n) is 13.1. The minimum atomic E-state index is -4.55. The molecule has 10 heteroatoms.